The van der Waals surface area contributed by atoms with Gasteiger partial charge in [0.15, 0.2) is 0 Å². The third-order valence-electron chi connectivity index (χ3n) is 3.51. The summed E-state index contributed by atoms with van der Waals surface area (Å²) in [4.78, 5) is 0. The first-order valence-electron chi connectivity index (χ1n) is 8.02. The van der Waals surface area contributed by atoms with Gasteiger partial charge in [0.1, 0.15) is 0 Å². The molecule has 0 atom stereocenters. The number of hydrogen-bond acceptors (Lipinski definition) is 1. The molecule has 0 amide bonds. The van der Waals surface area contributed by atoms with E-state index in [4.69, 9.17) is 5.11 Å². The van der Waals surface area contributed by atoms with Gasteiger partial charge in [0.05, 0.1) is 0 Å². The molecule has 1 nitrogen and oxygen atoms in total. The molecule has 0 bridgehead atoms. The Bertz CT molecular complexity index is 124. The molecule has 0 radical (unpaired) electrons. The minimum atomic E-state index is 0. The zero-order valence-corrected chi connectivity index (χ0v) is 15.0. The predicted molar refractivity (Wildman–Crippen MR) is 85.4 cm³/mol. The van der Waals surface area contributed by atoms with E-state index in [0.29, 0.717) is 6.61 Å². The topological polar surface area (TPSA) is 20.2 Å². The van der Waals surface area contributed by atoms with Crippen molar-refractivity contribution in [3.8, 4) is 0 Å². The minimum absolute atomic E-state index is 0. The number of unbranched alkanes of at least 4 members (excludes halogenated alkanes) is 13. The van der Waals surface area contributed by atoms with Gasteiger partial charge in [-0.25, -0.2) is 0 Å². The third kappa shape index (κ3) is 19.6. The second kappa shape index (κ2) is 20.5. The van der Waals surface area contributed by atoms with Crippen LogP contribution in [0.5, 0.6) is 0 Å². The van der Waals surface area contributed by atoms with Gasteiger partial charge >= 0.3 is 37.7 Å². The van der Waals surface area contributed by atoms with Crippen LogP contribution in [-0.4, -0.2) is 49.5 Å². The van der Waals surface area contributed by atoms with Crippen LogP contribution in [0, 0.1) is 0 Å². The van der Waals surface area contributed by atoms with E-state index in [-0.39, 0.29) is 40.6 Å². The van der Waals surface area contributed by atoms with Crippen molar-refractivity contribution >= 4 is 37.7 Å². The number of rotatable bonds is 14. The molecule has 1 N–H and O–H groups in total. The first-order valence-corrected chi connectivity index (χ1v) is 8.02. The molecular weight excluding hydrogens is 248 g/mol. The van der Waals surface area contributed by atoms with Gasteiger partial charge in [0.2, 0.25) is 0 Å². The molecular formula is C16H36CaO. The van der Waals surface area contributed by atoms with Gasteiger partial charge in [-0.3, -0.25) is 0 Å². The average Bonchev–Trinajstić information content (AvgIpc) is 2.35. The Morgan fingerprint density at radius 3 is 1.11 bits per heavy atom. The number of hydrogen-bond donors (Lipinski definition) is 1. The van der Waals surface area contributed by atoms with Gasteiger partial charge in [0.25, 0.3) is 0 Å². The molecule has 0 aliphatic rings. The van der Waals surface area contributed by atoms with Gasteiger partial charge in [-0.15, -0.1) is 0 Å². The summed E-state index contributed by atoms with van der Waals surface area (Å²) < 4.78 is 0. The Morgan fingerprint density at radius 1 is 0.556 bits per heavy atom. The SMILES string of the molecule is CCCCCCCCCCCCCCCCO.[Ca+2].[H-].[H-]. The van der Waals surface area contributed by atoms with Crippen molar-refractivity contribution in [1.82, 2.24) is 0 Å². The molecule has 2 heteroatoms. The zero-order valence-electron chi connectivity index (χ0n) is 14.8. The van der Waals surface area contributed by atoms with Crippen LogP contribution in [-0.2, 0) is 0 Å². The van der Waals surface area contributed by atoms with E-state index in [0.717, 1.165) is 6.42 Å². The second-order valence-corrected chi connectivity index (χ2v) is 5.32. The molecule has 0 heterocycles. The van der Waals surface area contributed by atoms with Gasteiger partial charge in [0, 0.05) is 6.61 Å². The predicted octanol–water partition coefficient (Wildman–Crippen LogP) is 5.30. The Labute approximate surface area is 148 Å². The molecule has 0 spiro atoms. The van der Waals surface area contributed by atoms with Crippen LogP contribution in [0.25, 0.3) is 0 Å². The molecule has 18 heavy (non-hydrogen) atoms. The van der Waals surface area contributed by atoms with Gasteiger partial charge in [-0.2, -0.15) is 0 Å². The van der Waals surface area contributed by atoms with Crippen LogP contribution < -0.4 is 0 Å². The van der Waals surface area contributed by atoms with E-state index in [1.165, 1.54) is 83.5 Å². The van der Waals surface area contributed by atoms with Crippen LogP contribution in [0.4, 0.5) is 0 Å². The summed E-state index contributed by atoms with van der Waals surface area (Å²) in [6, 6.07) is 0. The van der Waals surface area contributed by atoms with E-state index in [1.54, 1.807) is 0 Å². The van der Waals surface area contributed by atoms with Crippen LogP contribution in [0.2, 0.25) is 0 Å². The van der Waals surface area contributed by atoms with Crippen molar-refractivity contribution < 1.29 is 7.96 Å². The summed E-state index contributed by atoms with van der Waals surface area (Å²) in [6.45, 7) is 2.65. The van der Waals surface area contributed by atoms with Crippen LogP contribution in [0.15, 0.2) is 0 Å². The van der Waals surface area contributed by atoms with Gasteiger partial charge in [-0.1, -0.05) is 90.4 Å². The molecule has 0 unspecified atom stereocenters. The van der Waals surface area contributed by atoms with Crippen LogP contribution in [0.1, 0.15) is 99.7 Å². The number of aliphatic hydroxyl groups is 1. The summed E-state index contributed by atoms with van der Waals surface area (Å²) in [6.07, 6.45) is 19.2. The summed E-state index contributed by atoms with van der Waals surface area (Å²) in [5.74, 6) is 0. The fourth-order valence-electron chi connectivity index (χ4n) is 2.31. The van der Waals surface area contributed by atoms with Gasteiger partial charge < -0.3 is 7.96 Å². The molecule has 0 aromatic carbocycles. The Morgan fingerprint density at radius 2 is 0.833 bits per heavy atom. The normalized spacial score (nSPS) is 10.3. The van der Waals surface area contributed by atoms with Crippen LogP contribution >= 0.6 is 0 Å². The van der Waals surface area contributed by atoms with E-state index < -0.39 is 0 Å². The van der Waals surface area contributed by atoms with E-state index in [9.17, 15) is 0 Å². The third-order valence-corrected chi connectivity index (χ3v) is 3.51. The van der Waals surface area contributed by atoms with Crippen LogP contribution in [0.3, 0.4) is 0 Å². The molecule has 0 rings (SSSR count). The second-order valence-electron chi connectivity index (χ2n) is 5.32. The average molecular weight is 285 g/mol. The molecule has 0 aliphatic carbocycles. The summed E-state index contributed by atoms with van der Waals surface area (Å²) in [5, 5.41) is 8.64. The first-order chi connectivity index (χ1) is 8.41. The van der Waals surface area contributed by atoms with E-state index in [2.05, 4.69) is 6.92 Å². The summed E-state index contributed by atoms with van der Waals surface area (Å²) in [7, 11) is 0. The molecule has 0 aromatic heterocycles. The molecule has 0 saturated carbocycles. The summed E-state index contributed by atoms with van der Waals surface area (Å²) in [5.41, 5.74) is 0. The van der Waals surface area contributed by atoms with Crippen molar-refractivity contribution in [3.05, 3.63) is 0 Å². The molecule has 0 aromatic rings. The maximum atomic E-state index is 8.64. The van der Waals surface area contributed by atoms with Crippen molar-refractivity contribution in [2.75, 3.05) is 6.61 Å². The Kier molecular flexibility index (Phi) is 24.5. The fraction of sp³-hybridized carbons (Fsp3) is 1.00. The maximum Gasteiger partial charge on any atom is 2.00 e. The quantitative estimate of drug-likeness (QED) is 0.339. The minimum Gasteiger partial charge on any atom is -1.00 e. The largest absolute Gasteiger partial charge is 2.00 e. The van der Waals surface area contributed by atoms with Crippen molar-refractivity contribution in [1.29, 1.82) is 0 Å². The Balaban J connectivity index is -0.000000427. The maximum absolute atomic E-state index is 8.64. The van der Waals surface area contributed by atoms with Crippen molar-refractivity contribution in [2.45, 2.75) is 96.8 Å². The molecule has 0 saturated heterocycles. The Hall–Kier alpha value is 1.22. The monoisotopic (exact) mass is 284 g/mol. The van der Waals surface area contributed by atoms with E-state index >= 15 is 0 Å². The fourth-order valence-corrected chi connectivity index (χ4v) is 2.31. The first kappa shape index (κ1) is 21.5. The number of aliphatic hydroxyl groups excluding tert-OH is 1. The van der Waals surface area contributed by atoms with E-state index in [1.807, 2.05) is 0 Å². The molecule has 0 fully saturated rings. The molecule has 108 valence electrons. The smallest absolute Gasteiger partial charge is 1.00 e. The summed E-state index contributed by atoms with van der Waals surface area (Å²) >= 11 is 0. The standard InChI is InChI=1S/C16H34O.Ca.2H/c1-2-3-4-5-6-7-8-9-10-11-12-13-14-15-16-17;;;/h17H,2-16H2,1H3;;;/q;+2;2*-1. The molecule has 0 aliphatic heterocycles. The van der Waals surface area contributed by atoms with Crippen molar-refractivity contribution in [2.24, 2.45) is 0 Å². The zero-order chi connectivity index (χ0) is 12.6. The van der Waals surface area contributed by atoms with Gasteiger partial charge in [-0.05, 0) is 6.42 Å². The van der Waals surface area contributed by atoms with Crippen molar-refractivity contribution in [3.63, 3.8) is 0 Å².